The number of hydrogen-bond donors (Lipinski definition) is 3. The van der Waals surface area contributed by atoms with Crippen molar-refractivity contribution in [2.45, 2.75) is 37.0 Å². The maximum Gasteiger partial charge on any atom is 0.341 e. The molecule has 1 atom stereocenters. The quantitative estimate of drug-likeness (QED) is 0.0836. The van der Waals surface area contributed by atoms with Gasteiger partial charge in [-0.25, -0.2) is 4.79 Å². The molecule has 0 fully saturated rings. The number of amides is 4. The van der Waals surface area contributed by atoms with E-state index >= 15 is 0 Å². The molecule has 15 heteroatoms. The summed E-state index contributed by atoms with van der Waals surface area (Å²) in [7, 11) is 5.74. The van der Waals surface area contributed by atoms with Crippen molar-refractivity contribution >= 4 is 69.5 Å². The lowest BCUT2D eigenvalue weighted by molar-refractivity contribution is -0.129. The van der Waals surface area contributed by atoms with Gasteiger partial charge in [-0.3, -0.25) is 19.2 Å². The molecule has 0 aliphatic carbocycles. The zero-order chi connectivity index (χ0) is 38.9. The van der Waals surface area contributed by atoms with Gasteiger partial charge in [0.1, 0.15) is 16.4 Å². The average Bonchev–Trinajstić information content (AvgIpc) is 3.54. The van der Waals surface area contributed by atoms with Crippen LogP contribution >= 0.6 is 23.1 Å². The predicted molar refractivity (Wildman–Crippen MR) is 207 cm³/mol. The highest BCUT2D eigenvalue weighted by atomic mass is 32.2. The third kappa shape index (κ3) is 9.22. The summed E-state index contributed by atoms with van der Waals surface area (Å²) in [6.07, 6.45) is 1.95. The molecule has 0 saturated heterocycles. The van der Waals surface area contributed by atoms with Crippen LogP contribution in [0.1, 0.15) is 50.6 Å². The van der Waals surface area contributed by atoms with E-state index in [1.807, 2.05) is 0 Å². The molecule has 13 nitrogen and oxygen atoms in total. The van der Waals surface area contributed by atoms with Gasteiger partial charge in [-0.05, 0) is 61.4 Å². The first-order valence-electron chi connectivity index (χ1n) is 16.7. The second-order valence-corrected chi connectivity index (χ2v) is 14.5. The van der Waals surface area contributed by atoms with Gasteiger partial charge in [0.05, 0.1) is 45.8 Å². The van der Waals surface area contributed by atoms with Crippen LogP contribution < -0.4 is 30.2 Å². The van der Waals surface area contributed by atoms with Crippen LogP contribution in [0.25, 0.3) is 6.08 Å². The smallest absolute Gasteiger partial charge is 0.341 e. The van der Waals surface area contributed by atoms with E-state index in [1.165, 1.54) is 64.5 Å². The molecule has 4 aromatic rings. The fraction of sp³-hybridized carbons (Fsp3) is 0.256. The molecule has 0 bridgehead atoms. The molecule has 1 aliphatic rings. The van der Waals surface area contributed by atoms with Crippen molar-refractivity contribution in [2.75, 3.05) is 45.6 Å². The van der Waals surface area contributed by atoms with E-state index in [9.17, 15) is 24.0 Å². The SMILES string of the molecule is COC(=O)c1c(NC(=O)C(C)Sc2cccc(NC(=O)/C(=C\c3cc(OC)c(OC)cc3OC)NC(=O)c3ccccc3)c2)sc2c1CCN(C(C)=O)C2. The highest BCUT2D eigenvalue weighted by molar-refractivity contribution is 8.00. The van der Waals surface area contributed by atoms with Crippen molar-refractivity contribution in [2.24, 2.45) is 0 Å². The summed E-state index contributed by atoms with van der Waals surface area (Å²) in [4.78, 5) is 68.5. The first-order valence-corrected chi connectivity index (χ1v) is 18.4. The van der Waals surface area contributed by atoms with Gasteiger partial charge in [-0.15, -0.1) is 23.1 Å². The molecule has 0 saturated carbocycles. The number of esters is 1. The van der Waals surface area contributed by atoms with Crippen LogP contribution in [0.4, 0.5) is 10.7 Å². The molecule has 4 amide bonds. The Morgan fingerprint density at radius 3 is 2.24 bits per heavy atom. The third-order valence-electron chi connectivity index (χ3n) is 8.47. The molecule has 282 valence electrons. The number of methoxy groups -OCH3 is 4. The van der Waals surface area contributed by atoms with Crippen LogP contribution in [0.2, 0.25) is 0 Å². The Balaban J connectivity index is 1.35. The third-order valence-corrected chi connectivity index (χ3v) is 10.7. The van der Waals surface area contributed by atoms with E-state index in [0.29, 0.717) is 69.0 Å². The fourth-order valence-corrected chi connectivity index (χ4v) is 7.84. The molecular formula is C39H40N4O9S2. The second-order valence-electron chi connectivity index (χ2n) is 11.9. The Labute approximate surface area is 321 Å². The van der Waals surface area contributed by atoms with E-state index in [1.54, 1.807) is 78.6 Å². The van der Waals surface area contributed by atoms with Crippen molar-refractivity contribution in [1.29, 1.82) is 0 Å². The van der Waals surface area contributed by atoms with Crippen molar-refractivity contribution in [3.63, 3.8) is 0 Å². The zero-order valence-electron chi connectivity index (χ0n) is 30.6. The molecular weight excluding hydrogens is 733 g/mol. The number of hydrogen-bond acceptors (Lipinski definition) is 11. The molecule has 1 unspecified atom stereocenters. The van der Waals surface area contributed by atoms with E-state index in [2.05, 4.69) is 16.0 Å². The molecule has 3 aromatic carbocycles. The number of anilines is 2. The number of fused-ring (bicyclic) bond motifs is 1. The first-order chi connectivity index (χ1) is 26.0. The van der Waals surface area contributed by atoms with Gasteiger partial charge < -0.3 is 39.8 Å². The molecule has 0 radical (unpaired) electrons. The number of thioether (sulfide) groups is 1. The lowest BCUT2D eigenvalue weighted by Crippen LogP contribution is -2.33. The van der Waals surface area contributed by atoms with Crippen molar-refractivity contribution in [3.8, 4) is 17.2 Å². The minimum atomic E-state index is -0.621. The number of nitrogens with zero attached hydrogens (tertiary/aromatic N) is 1. The van der Waals surface area contributed by atoms with Gasteiger partial charge in [0, 0.05) is 46.1 Å². The summed E-state index contributed by atoms with van der Waals surface area (Å²) in [5, 5.41) is 8.22. The van der Waals surface area contributed by atoms with Crippen LogP contribution in [-0.2, 0) is 32.1 Å². The van der Waals surface area contributed by atoms with Crippen LogP contribution in [0.5, 0.6) is 17.2 Å². The monoisotopic (exact) mass is 772 g/mol. The standard InChI is InChI=1S/C39H40N4O9S2/c1-22(35(45)42-38-34(39(48)52-6)28-15-16-43(23(2)44)21-33(28)54-38)53-27-14-10-13-26(19-27)40-37(47)29(41-36(46)24-11-8-7-9-12-24)17-25-18-31(50-4)32(51-5)20-30(25)49-3/h7-14,17-20,22H,15-16,21H2,1-6H3,(H,40,47)(H,41,46)(H,42,45)/b29-17+. The molecule has 2 heterocycles. The highest BCUT2D eigenvalue weighted by Crippen LogP contribution is 2.39. The zero-order valence-corrected chi connectivity index (χ0v) is 32.2. The van der Waals surface area contributed by atoms with Crippen molar-refractivity contribution in [1.82, 2.24) is 10.2 Å². The van der Waals surface area contributed by atoms with Crippen LogP contribution in [0.15, 0.2) is 77.3 Å². The molecule has 5 rings (SSSR count). The topological polar surface area (TPSA) is 162 Å². The van der Waals surface area contributed by atoms with Crippen molar-refractivity contribution < 1.29 is 42.9 Å². The van der Waals surface area contributed by atoms with Gasteiger partial charge in [0.15, 0.2) is 11.5 Å². The summed E-state index contributed by atoms with van der Waals surface area (Å²) in [5.74, 6) is -0.908. The number of nitrogens with one attached hydrogen (secondary N) is 3. The second kappa shape index (κ2) is 17.8. The lowest BCUT2D eigenvalue weighted by atomic mass is 10.0. The Kier molecular flexibility index (Phi) is 13.0. The Hall–Kier alpha value is -5.80. The Morgan fingerprint density at radius 2 is 1.57 bits per heavy atom. The largest absolute Gasteiger partial charge is 0.496 e. The van der Waals surface area contributed by atoms with Gasteiger partial charge >= 0.3 is 5.97 Å². The summed E-state index contributed by atoms with van der Waals surface area (Å²) in [5.41, 5.74) is 2.21. The maximum atomic E-state index is 13.8. The minimum Gasteiger partial charge on any atom is -0.496 e. The maximum absolute atomic E-state index is 13.8. The van der Waals surface area contributed by atoms with Crippen LogP contribution in [0.3, 0.4) is 0 Å². The number of ether oxygens (including phenoxy) is 4. The fourth-order valence-electron chi connectivity index (χ4n) is 5.66. The number of thiophene rings is 1. The lowest BCUT2D eigenvalue weighted by Gasteiger charge is -2.25. The van der Waals surface area contributed by atoms with Gasteiger partial charge in [-0.1, -0.05) is 24.3 Å². The van der Waals surface area contributed by atoms with Crippen LogP contribution in [-0.4, -0.2) is 74.7 Å². The van der Waals surface area contributed by atoms with Gasteiger partial charge in [0.25, 0.3) is 11.8 Å². The van der Waals surface area contributed by atoms with Crippen molar-refractivity contribution in [3.05, 3.63) is 99.6 Å². The number of carbonyl (C=O) groups is 5. The molecule has 1 aromatic heterocycles. The minimum absolute atomic E-state index is 0.0648. The van der Waals surface area contributed by atoms with Crippen LogP contribution in [0, 0.1) is 0 Å². The Morgan fingerprint density at radius 1 is 0.870 bits per heavy atom. The van der Waals surface area contributed by atoms with Gasteiger partial charge in [0.2, 0.25) is 11.8 Å². The first kappa shape index (κ1) is 39.4. The van der Waals surface area contributed by atoms with Gasteiger partial charge in [-0.2, -0.15) is 0 Å². The van der Waals surface area contributed by atoms with E-state index in [4.69, 9.17) is 18.9 Å². The summed E-state index contributed by atoms with van der Waals surface area (Å²) < 4.78 is 21.4. The summed E-state index contributed by atoms with van der Waals surface area (Å²) >= 11 is 2.51. The average molecular weight is 773 g/mol. The molecule has 54 heavy (non-hydrogen) atoms. The molecule has 1 aliphatic heterocycles. The number of benzene rings is 3. The summed E-state index contributed by atoms with van der Waals surface area (Å²) in [6, 6.07) is 18.6. The summed E-state index contributed by atoms with van der Waals surface area (Å²) in [6.45, 7) is 4.05. The van der Waals surface area contributed by atoms with E-state index in [0.717, 1.165) is 10.4 Å². The Bertz CT molecular complexity index is 2100. The highest BCUT2D eigenvalue weighted by Gasteiger charge is 2.31. The number of carbonyl (C=O) groups excluding carboxylic acids is 5. The van der Waals surface area contributed by atoms with E-state index < -0.39 is 23.0 Å². The normalized spacial score (nSPS) is 12.9. The number of rotatable bonds is 13. The van der Waals surface area contributed by atoms with E-state index in [-0.39, 0.29) is 17.5 Å². The predicted octanol–water partition coefficient (Wildman–Crippen LogP) is 5.99. The molecule has 3 N–H and O–H groups in total. The molecule has 0 spiro atoms.